The maximum atomic E-state index is 12.5. The fourth-order valence-corrected chi connectivity index (χ4v) is 2.69. The Hall–Kier alpha value is -2.73. The van der Waals surface area contributed by atoms with Crippen LogP contribution in [0.5, 0.6) is 0 Å². The Morgan fingerprint density at radius 2 is 1.81 bits per heavy atom. The Balaban J connectivity index is 2.18. The third-order valence-electron chi connectivity index (χ3n) is 3.97. The number of esters is 1. The molecule has 0 unspecified atom stereocenters. The van der Waals surface area contributed by atoms with Crippen molar-refractivity contribution in [2.75, 3.05) is 6.61 Å². The molecule has 0 amide bonds. The molecule has 0 fully saturated rings. The zero-order valence-corrected chi connectivity index (χ0v) is 15.2. The lowest BCUT2D eigenvalue weighted by Gasteiger charge is -2.10. The molecule has 0 aliphatic carbocycles. The Bertz CT molecular complexity index is 863. The standard InChI is InChI=1S/C19H18ClNO5/c1-3-12-5-6-13(4-2)16(9-12)18(22)11-26-19(23)15-8-7-14(20)10-17(15)21(24)25/h5-10H,3-4,11H2,1-2H3. The van der Waals surface area contributed by atoms with Crippen LogP contribution in [0.4, 0.5) is 5.69 Å². The minimum atomic E-state index is -0.939. The van der Waals surface area contributed by atoms with Crippen molar-refractivity contribution >= 4 is 29.0 Å². The highest BCUT2D eigenvalue weighted by Gasteiger charge is 2.23. The second-order valence-corrected chi connectivity index (χ2v) is 6.05. The van der Waals surface area contributed by atoms with Crippen molar-refractivity contribution in [1.82, 2.24) is 0 Å². The summed E-state index contributed by atoms with van der Waals surface area (Å²) >= 11 is 5.72. The number of benzene rings is 2. The van der Waals surface area contributed by atoms with E-state index in [1.165, 1.54) is 12.1 Å². The summed E-state index contributed by atoms with van der Waals surface area (Å²) in [5.41, 5.74) is 1.67. The molecule has 26 heavy (non-hydrogen) atoms. The topological polar surface area (TPSA) is 86.5 Å². The number of nitrogens with zero attached hydrogens (tertiary/aromatic N) is 1. The molecule has 0 heterocycles. The summed E-state index contributed by atoms with van der Waals surface area (Å²) in [6.07, 6.45) is 1.45. The number of halogens is 1. The average molecular weight is 376 g/mol. The fraction of sp³-hybridized carbons (Fsp3) is 0.263. The second-order valence-electron chi connectivity index (χ2n) is 5.62. The normalized spacial score (nSPS) is 10.4. The van der Waals surface area contributed by atoms with E-state index in [4.69, 9.17) is 16.3 Å². The van der Waals surface area contributed by atoms with Crippen LogP contribution in [0.15, 0.2) is 36.4 Å². The van der Waals surface area contributed by atoms with E-state index >= 15 is 0 Å². The predicted molar refractivity (Wildman–Crippen MR) is 97.9 cm³/mol. The van der Waals surface area contributed by atoms with Gasteiger partial charge in [0.1, 0.15) is 5.56 Å². The molecule has 2 rings (SSSR count). The summed E-state index contributed by atoms with van der Waals surface area (Å²) in [7, 11) is 0. The van der Waals surface area contributed by atoms with E-state index < -0.39 is 23.2 Å². The molecule has 0 radical (unpaired) electrons. The van der Waals surface area contributed by atoms with E-state index in [0.717, 1.165) is 23.6 Å². The minimum absolute atomic E-state index is 0.133. The van der Waals surface area contributed by atoms with Crippen LogP contribution in [0.3, 0.4) is 0 Å². The summed E-state index contributed by atoms with van der Waals surface area (Å²) in [6.45, 7) is 3.43. The number of aryl methyl sites for hydroxylation is 2. The Kier molecular flexibility index (Phi) is 6.46. The van der Waals surface area contributed by atoms with Gasteiger partial charge in [0.05, 0.1) is 4.92 Å². The zero-order valence-electron chi connectivity index (χ0n) is 14.5. The summed E-state index contributed by atoms with van der Waals surface area (Å²) in [4.78, 5) is 35.0. The van der Waals surface area contributed by atoms with Crippen LogP contribution in [-0.4, -0.2) is 23.3 Å². The fourth-order valence-electron chi connectivity index (χ4n) is 2.53. The van der Waals surface area contributed by atoms with Crippen LogP contribution in [0.2, 0.25) is 5.02 Å². The minimum Gasteiger partial charge on any atom is -0.454 e. The molecule has 0 N–H and O–H groups in total. The molecule has 7 heteroatoms. The van der Waals surface area contributed by atoms with E-state index in [1.807, 2.05) is 26.0 Å². The van der Waals surface area contributed by atoms with Crippen LogP contribution < -0.4 is 0 Å². The maximum absolute atomic E-state index is 12.5. The summed E-state index contributed by atoms with van der Waals surface area (Å²) in [5.74, 6) is -1.28. The van der Waals surface area contributed by atoms with Crippen molar-refractivity contribution in [2.24, 2.45) is 0 Å². The largest absolute Gasteiger partial charge is 0.454 e. The van der Waals surface area contributed by atoms with Gasteiger partial charge in [0.25, 0.3) is 5.69 Å². The highest BCUT2D eigenvalue weighted by Crippen LogP contribution is 2.24. The highest BCUT2D eigenvalue weighted by molar-refractivity contribution is 6.31. The van der Waals surface area contributed by atoms with Crippen LogP contribution in [0.25, 0.3) is 0 Å². The van der Waals surface area contributed by atoms with Gasteiger partial charge in [0.2, 0.25) is 5.78 Å². The molecule has 6 nitrogen and oxygen atoms in total. The van der Waals surface area contributed by atoms with Gasteiger partial charge in [-0.1, -0.05) is 37.6 Å². The first-order chi connectivity index (χ1) is 12.4. The number of nitro groups is 1. The Morgan fingerprint density at radius 3 is 2.42 bits per heavy atom. The van der Waals surface area contributed by atoms with Crippen molar-refractivity contribution in [1.29, 1.82) is 0 Å². The predicted octanol–water partition coefficient (Wildman–Crippen LogP) is 4.41. The van der Waals surface area contributed by atoms with E-state index in [0.29, 0.717) is 12.0 Å². The molecule has 0 bridgehead atoms. The summed E-state index contributed by atoms with van der Waals surface area (Å²) in [5, 5.41) is 11.2. The van der Waals surface area contributed by atoms with Crippen molar-refractivity contribution in [2.45, 2.75) is 26.7 Å². The lowest BCUT2D eigenvalue weighted by atomic mass is 9.98. The molecule has 2 aromatic rings. The van der Waals surface area contributed by atoms with Gasteiger partial charge in [-0.3, -0.25) is 14.9 Å². The lowest BCUT2D eigenvalue weighted by Crippen LogP contribution is -2.16. The molecule has 2 aromatic carbocycles. The third kappa shape index (κ3) is 4.46. The van der Waals surface area contributed by atoms with Gasteiger partial charge in [-0.2, -0.15) is 0 Å². The van der Waals surface area contributed by atoms with Gasteiger partial charge in [-0.25, -0.2) is 4.79 Å². The number of nitro benzene ring substituents is 1. The Morgan fingerprint density at radius 1 is 1.08 bits per heavy atom. The number of hydrogen-bond donors (Lipinski definition) is 0. The van der Waals surface area contributed by atoms with E-state index in [2.05, 4.69) is 0 Å². The SMILES string of the molecule is CCc1ccc(CC)c(C(=O)COC(=O)c2ccc(Cl)cc2[N+](=O)[O-])c1. The molecule has 0 aliphatic heterocycles. The molecule has 0 aromatic heterocycles. The third-order valence-corrected chi connectivity index (χ3v) is 4.21. The maximum Gasteiger partial charge on any atom is 0.345 e. The number of hydrogen-bond acceptors (Lipinski definition) is 5. The number of carbonyl (C=O) groups is 2. The first-order valence-electron chi connectivity index (χ1n) is 8.13. The number of ketones is 1. The van der Waals surface area contributed by atoms with Crippen LogP contribution in [0.1, 0.15) is 45.7 Å². The number of ether oxygens (including phenoxy) is 1. The molecule has 136 valence electrons. The van der Waals surface area contributed by atoms with Gasteiger partial charge < -0.3 is 4.74 Å². The van der Waals surface area contributed by atoms with Crippen molar-refractivity contribution in [3.05, 3.63) is 73.8 Å². The van der Waals surface area contributed by atoms with E-state index in [9.17, 15) is 19.7 Å². The molecule has 0 aliphatic rings. The van der Waals surface area contributed by atoms with Gasteiger partial charge in [0.15, 0.2) is 6.61 Å². The van der Waals surface area contributed by atoms with Gasteiger partial charge in [-0.15, -0.1) is 0 Å². The average Bonchev–Trinajstić information content (AvgIpc) is 2.64. The van der Waals surface area contributed by atoms with Gasteiger partial charge in [0, 0.05) is 16.7 Å². The smallest absolute Gasteiger partial charge is 0.345 e. The first-order valence-corrected chi connectivity index (χ1v) is 8.51. The second kappa shape index (κ2) is 8.58. The monoisotopic (exact) mass is 375 g/mol. The molecular formula is C19H18ClNO5. The van der Waals surface area contributed by atoms with Crippen LogP contribution in [-0.2, 0) is 17.6 Å². The summed E-state index contributed by atoms with van der Waals surface area (Å²) < 4.78 is 5.01. The van der Waals surface area contributed by atoms with Crippen molar-refractivity contribution in [3.8, 4) is 0 Å². The quantitative estimate of drug-likeness (QED) is 0.309. The first kappa shape index (κ1) is 19.6. The lowest BCUT2D eigenvalue weighted by molar-refractivity contribution is -0.385. The van der Waals surface area contributed by atoms with Crippen LogP contribution in [0, 0.1) is 10.1 Å². The molecule has 0 atom stereocenters. The number of rotatable bonds is 7. The van der Waals surface area contributed by atoms with E-state index in [-0.39, 0.29) is 16.4 Å². The molecular weight excluding hydrogens is 358 g/mol. The van der Waals surface area contributed by atoms with Crippen molar-refractivity contribution < 1.29 is 19.2 Å². The highest BCUT2D eigenvalue weighted by atomic mass is 35.5. The van der Waals surface area contributed by atoms with Gasteiger partial charge >= 0.3 is 5.97 Å². The van der Waals surface area contributed by atoms with Crippen LogP contribution >= 0.6 is 11.6 Å². The van der Waals surface area contributed by atoms with Gasteiger partial charge in [-0.05, 0) is 42.2 Å². The van der Waals surface area contributed by atoms with Crippen molar-refractivity contribution in [3.63, 3.8) is 0 Å². The summed E-state index contributed by atoms with van der Waals surface area (Å²) in [6, 6.07) is 9.27. The zero-order chi connectivity index (χ0) is 19.3. The van der Waals surface area contributed by atoms with E-state index in [1.54, 1.807) is 6.07 Å². The number of carbonyl (C=O) groups excluding carboxylic acids is 2. The Labute approximate surface area is 155 Å². The number of Topliss-reactive ketones (excluding diaryl/α,β-unsaturated/α-hetero) is 1. The molecule has 0 saturated carbocycles. The molecule has 0 saturated heterocycles. The molecule has 0 spiro atoms.